The molecule has 0 atom stereocenters. The Bertz CT molecular complexity index is 1250. The lowest BCUT2D eigenvalue weighted by Crippen LogP contribution is -2.17. The smallest absolute Gasteiger partial charge is 0.284 e. The van der Waals surface area contributed by atoms with Crippen LogP contribution in [0.15, 0.2) is 41.2 Å². The van der Waals surface area contributed by atoms with E-state index in [-0.39, 0.29) is 5.56 Å². The standard InChI is InChI=1S/C22H20Cl3N5O/c1-4-17-19-21(30(28-17)20-15(24)10-13(23)11-16(20)25)26-18(27-22(19)31)9-12-5-7-14(8-6-12)29(2)3/h5-8,10-11,28H,4,9H2,1-3H3. The Kier molecular flexibility index (Phi) is 5.97. The number of benzene rings is 2. The highest BCUT2D eigenvalue weighted by molar-refractivity contribution is 6.40. The van der Waals surface area contributed by atoms with Crippen LogP contribution in [0.3, 0.4) is 0 Å². The van der Waals surface area contributed by atoms with Crippen LogP contribution in [0.25, 0.3) is 17.1 Å². The van der Waals surface area contributed by atoms with Gasteiger partial charge in [0, 0.05) is 36.9 Å². The molecule has 1 N–H and O–H groups in total. The molecule has 0 amide bonds. The van der Waals surface area contributed by atoms with E-state index in [1.807, 2.05) is 50.2 Å². The SMILES string of the molecule is CCc1[nH]n(-c2c(Cl)cc(Cl)cc2Cl)c2nc(Cc3ccc(N(C)C)cc3)nc(=O)c1-2. The summed E-state index contributed by atoms with van der Waals surface area (Å²) in [5, 5.41) is 4.32. The summed E-state index contributed by atoms with van der Waals surface area (Å²) in [6.07, 6.45) is 1.02. The minimum absolute atomic E-state index is 0.335. The average molecular weight is 477 g/mol. The number of anilines is 1. The van der Waals surface area contributed by atoms with Gasteiger partial charge in [0.15, 0.2) is 5.82 Å². The lowest BCUT2D eigenvalue weighted by molar-refractivity contribution is 0.827. The topological polar surface area (TPSA) is 66.8 Å². The number of fused-ring (bicyclic) bond motifs is 1. The van der Waals surface area contributed by atoms with Gasteiger partial charge in [-0.05, 0) is 36.2 Å². The molecule has 160 valence electrons. The molecule has 2 heterocycles. The molecule has 31 heavy (non-hydrogen) atoms. The van der Waals surface area contributed by atoms with Crippen molar-refractivity contribution >= 4 is 40.5 Å². The predicted octanol–water partition coefficient (Wildman–Crippen LogP) is 5.24. The molecule has 9 heteroatoms. The molecule has 4 rings (SSSR count). The van der Waals surface area contributed by atoms with E-state index in [2.05, 4.69) is 10.1 Å². The Balaban J connectivity index is 1.84. The van der Waals surface area contributed by atoms with Crippen molar-refractivity contribution in [1.82, 2.24) is 19.7 Å². The van der Waals surface area contributed by atoms with Crippen molar-refractivity contribution in [2.75, 3.05) is 19.0 Å². The molecule has 0 unspecified atom stereocenters. The van der Waals surface area contributed by atoms with Gasteiger partial charge in [0.2, 0.25) is 0 Å². The Hall–Kier alpha value is -2.54. The largest absolute Gasteiger partial charge is 0.378 e. The Morgan fingerprint density at radius 1 is 1.03 bits per heavy atom. The van der Waals surface area contributed by atoms with Crippen LogP contribution in [0.5, 0.6) is 0 Å². The zero-order chi connectivity index (χ0) is 22.3. The highest BCUT2D eigenvalue weighted by atomic mass is 35.5. The minimum atomic E-state index is -0.335. The summed E-state index contributed by atoms with van der Waals surface area (Å²) in [6.45, 7) is 1.94. The third kappa shape index (κ3) is 4.15. The molecule has 0 fully saturated rings. The maximum absolute atomic E-state index is 12.9. The van der Waals surface area contributed by atoms with Crippen molar-refractivity contribution in [3.63, 3.8) is 0 Å². The highest BCUT2D eigenvalue weighted by Crippen LogP contribution is 2.35. The predicted molar refractivity (Wildman–Crippen MR) is 127 cm³/mol. The molecular weight excluding hydrogens is 457 g/mol. The monoisotopic (exact) mass is 475 g/mol. The number of halogens is 3. The van der Waals surface area contributed by atoms with E-state index >= 15 is 0 Å². The molecule has 2 aromatic carbocycles. The van der Waals surface area contributed by atoms with E-state index in [0.717, 1.165) is 11.3 Å². The van der Waals surface area contributed by atoms with Crippen LogP contribution in [0.2, 0.25) is 15.1 Å². The number of nitrogens with zero attached hydrogens (tertiary/aromatic N) is 4. The van der Waals surface area contributed by atoms with Crippen molar-refractivity contribution in [2.24, 2.45) is 0 Å². The first kappa shape index (κ1) is 21.7. The number of H-pyrrole nitrogens is 1. The van der Waals surface area contributed by atoms with Gasteiger partial charge in [-0.3, -0.25) is 9.89 Å². The van der Waals surface area contributed by atoms with Gasteiger partial charge in [-0.25, -0.2) is 9.67 Å². The molecule has 0 spiro atoms. The Morgan fingerprint density at radius 3 is 2.26 bits per heavy atom. The van der Waals surface area contributed by atoms with Crippen LogP contribution in [-0.2, 0) is 12.8 Å². The number of hydrogen-bond acceptors (Lipinski definition) is 4. The summed E-state index contributed by atoms with van der Waals surface area (Å²) >= 11 is 18.9. The molecule has 0 aromatic heterocycles. The van der Waals surface area contributed by atoms with E-state index in [4.69, 9.17) is 39.8 Å². The summed E-state index contributed by atoms with van der Waals surface area (Å²) in [6, 6.07) is 11.2. The van der Waals surface area contributed by atoms with Crippen LogP contribution in [0.4, 0.5) is 5.69 Å². The summed E-state index contributed by atoms with van der Waals surface area (Å²) in [5.41, 5.74) is 3.38. The first-order chi connectivity index (χ1) is 14.8. The Labute approximate surface area is 194 Å². The first-order valence-electron chi connectivity index (χ1n) is 9.70. The summed E-state index contributed by atoms with van der Waals surface area (Å²) in [4.78, 5) is 23.9. The Morgan fingerprint density at radius 2 is 1.68 bits per heavy atom. The van der Waals surface area contributed by atoms with Crippen molar-refractivity contribution in [2.45, 2.75) is 19.8 Å². The van der Waals surface area contributed by atoms with Gasteiger partial charge in [-0.15, -0.1) is 0 Å². The lowest BCUT2D eigenvalue weighted by Gasteiger charge is -2.13. The molecule has 2 aromatic rings. The molecule has 0 saturated heterocycles. The van der Waals surface area contributed by atoms with Crippen LogP contribution >= 0.6 is 34.8 Å². The molecular formula is C22H20Cl3N5O. The number of aromatic amines is 1. The molecule has 2 aliphatic heterocycles. The van der Waals surface area contributed by atoms with Gasteiger partial charge in [0.05, 0.1) is 10.0 Å². The maximum Gasteiger partial charge on any atom is 0.284 e. The maximum atomic E-state index is 12.9. The number of rotatable bonds is 5. The fourth-order valence-corrected chi connectivity index (χ4v) is 4.47. The summed E-state index contributed by atoms with van der Waals surface area (Å²) in [5.74, 6) is 0.856. The second kappa shape index (κ2) is 8.54. The van der Waals surface area contributed by atoms with Gasteiger partial charge in [-0.1, -0.05) is 53.9 Å². The van der Waals surface area contributed by atoms with Crippen molar-refractivity contribution in [1.29, 1.82) is 0 Å². The quantitative estimate of drug-likeness (QED) is 0.428. The zero-order valence-electron chi connectivity index (χ0n) is 17.2. The number of hydrogen-bond donors (Lipinski definition) is 1. The van der Waals surface area contributed by atoms with Gasteiger partial charge >= 0.3 is 0 Å². The lowest BCUT2D eigenvalue weighted by atomic mass is 10.1. The molecule has 2 aliphatic rings. The normalized spacial score (nSPS) is 11.3. The molecule has 0 aliphatic carbocycles. The third-order valence-electron chi connectivity index (χ3n) is 5.04. The van der Waals surface area contributed by atoms with Crippen molar-refractivity contribution < 1.29 is 0 Å². The van der Waals surface area contributed by atoms with Crippen LogP contribution < -0.4 is 10.5 Å². The molecule has 0 saturated carbocycles. The summed E-state index contributed by atoms with van der Waals surface area (Å²) < 4.78 is 1.64. The van der Waals surface area contributed by atoms with E-state index in [1.165, 1.54) is 0 Å². The van der Waals surface area contributed by atoms with Crippen molar-refractivity contribution in [3.05, 3.63) is 78.9 Å². The van der Waals surface area contributed by atoms with E-state index < -0.39 is 0 Å². The fourth-order valence-electron chi connectivity index (χ4n) is 3.48. The van der Waals surface area contributed by atoms with Gasteiger partial charge in [-0.2, -0.15) is 4.98 Å². The minimum Gasteiger partial charge on any atom is -0.378 e. The number of aryl methyl sites for hydroxylation is 1. The molecule has 0 radical (unpaired) electrons. The average Bonchev–Trinajstić information content (AvgIpc) is 3.06. The molecule has 6 nitrogen and oxygen atoms in total. The third-order valence-corrected chi connectivity index (χ3v) is 5.83. The van der Waals surface area contributed by atoms with Gasteiger partial charge < -0.3 is 4.90 Å². The van der Waals surface area contributed by atoms with Gasteiger partial charge in [0.25, 0.3) is 5.56 Å². The first-order valence-corrected chi connectivity index (χ1v) is 10.8. The highest BCUT2D eigenvalue weighted by Gasteiger charge is 2.25. The van der Waals surface area contributed by atoms with Crippen LogP contribution in [-0.4, -0.2) is 33.8 Å². The summed E-state index contributed by atoms with van der Waals surface area (Å²) in [7, 11) is 3.97. The number of nitrogens with one attached hydrogen (secondary N) is 1. The fraction of sp³-hybridized carbons (Fsp3) is 0.227. The second-order valence-corrected chi connectivity index (χ2v) is 8.63. The van der Waals surface area contributed by atoms with Crippen LogP contribution in [0.1, 0.15) is 24.0 Å². The zero-order valence-corrected chi connectivity index (χ0v) is 19.5. The molecule has 0 bridgehead atoms. The number of aromatic nitrogens is 4. The van der Waals surface area contributed by atoms with Crippen LogP contribution in [0, 0.1) is 0 Å². The van der Waals surface area contributed by atoms with E-state index in [0.29, 0.717) is 56.5 Å². The van der Waals surface area contributed by atoms with E-state index in [1.54, 1.807) is 16.8 Å². The second-order valence-electron chi connectivity index (χ2n) is 7.38. The van der Waals surface area contributed by atoms with Gasteiger partial charge in [0.1, 0.15) is 17.1 Å². The van der Waals surface area contributed by atoms with Crippen molar-refractivity contribution in [3.8, 4) is 17.1 Å². The van der Waals surface area contributed by atoms with E-state index in [9.17, 15) is 4.79 Å².